The maximum absolute atomic E-state index is 5.92. The summed E-state index contributed by atoms with van der Waals surface area (Å²) in [6.45, 7) is 12.2. The number of hydrogen-bond acceptors (Lipinski definition) is 4. The summed E-state index contributed by atoms with van der Waals surface area (Å²) in [7, 11) is 3.43. The highest BCUT2D eigenvalue weighted by atomic mass is 16.5. The van der Waals surface area contributed by atoms with Gasteiger partial charge in [0.2, 0.25) is 0 Å². The lowest BCUT2D eigenvalue weighted by molar-refractivity contribution is 0.221. The van der Waals surface area contributed by atoms with Crippen LogP contribution in [0.15, 0.2) is 29.3 Å². The first-order chi connectivity index (χ1) is 12.0. The first-order valence-electron chi connectivity index (χ1n) is 9.03. The van der Waals surface area contributed by atoms with Crippen molar-refractivity contribution in [1.29, 1.82) is 0 Å². The van der Waals surface area contributed by atoms with Crippen molar-refractivity contribution in [3.8, 4) is 11.5 Å². The molecular weight excluding hydrogens is 316 g/mol. The van der Waals surface area contributed by atoms with E-state index in [0.717, 1.165) is 37.1 Å². The summed E-state index contributed by atoms with van der Waals surface area (Å²) in [5.41, 5.74) is 0. The third-order valence-corrected chi connectivity index (χ3v) is 4.16. The minimum Gasteiger partial charge on any atom is -0.497 e. The zero-order valence-corrected chi connectivity index (χ0v) is 16.5. The van der Waals surface area contributed by atoms with E-state index in [4.69, 9.17) is 9.47 Å². The van der Waals surface area contributed by atoms with Crippen molar-refractivity contribution in [2.75, 3.05) is 40.3 Å². The van der Waals surface area contributed by atoms with E-state index in [1.807, 2.05) is 31.2 Å². The number of ether oxygens (including phenoxy) is 2. The fourth-order valence-electron chi connectivity index (χ4n) is 2.63. The molecule has 0 aromatic heterocycles. The summed E-state index contributed by atoms with van der Waals surface area (Å²) in [5, 5.41) is 6.69. The molecule has 0 saturated heterocycles. The van der Waals surface area contributed by atoms with Crippen LogP contribution in [0.25, 0.3) is 0 Å². The van der Waals surface area contributed by atoms with Crippen LogP contribution in [0, 0.1) is 0 Å². The predicted molar refractivity (Wildman–Crippen MR) is 105 cm³/mol. The maximum atomic E-state index is 5.92. The number of nitrogens with zero attached hydrogens (tertiary/aromatic N) is 2. The Morgan fingerprint density at radius 2 is 1.76 bits per heavy atom. The molecule has 1 aromatic carbocycles. The SMILES string of the molecule is CCN(CC)C(C)CNC(=NC)NCC(C)Oc1cccc(OC)c1. The Morgan fingerprint density at radius 3 is 2.36 bits per heavy atom. The van der Waals surface area contributed by atoms with Crippen molar-refractivity contribution >= 4 is 5.96 Å². The average Bonchev–Trinajstić information content (AvgIpc) is 2.63. The van der Waals surface area contributed by atoms with Crippen molar-refractivity contribution in [3.63, 3.8) is 0 Å². The summed E-state index contributed by atoms with van der Waals surface area (Å²) >= 11 is 0. The molecule has 25 heavy (non-hydrogen) atoms. The predicted octanol–water partition coefficient (Wildman–Crippen LogP) is 2.36. The highest BCUT2D eigenvalue weighted by Crippen LogP contribution is 2.19. The normalized spacial score (nSPS) is 14.1. The molecule has 6 heteroatoms. The molecule has 0 spiro atoms. The van der Waals surface area contributed by atoms with Crippen LogP contribution >= 0.6 is 0 Å². The number of benzene rings is 1. The minimum atomic E-state index is 0.00543. The highest BCUT2D eigenvalue weighted by molar-refractivity contribution is 5.79. The van der Waals surface area contributed by atoms with Gasteiger partial charge in [-0.3, -0.25) is 9.89 Å². The Kier molecular flexibility index (Phi) is 9.77. The van der Waals surface area contributed by atoms with Crippen LogP contribution < -0.4 is 20.1 Å². The fraction of sp³-hybridized carbons (Fsp3) is 0.632. The van der Waals surface area contributed by atoms with Gasteiger partial charge in [-0.1, -0.05) is 19.9 Å². The van der Waals surface area contributed by atoms with Gasteiger partial charge in [-0.05, 0) is 39.1 Å². The van der Waals surface area contributed by atoms with Crippen LogP contribution in [0.2, 0.25) is 0 Å². The second-order valence-corrected chi connectivity index (χ2v) is 6.01. The molecule has 6 nitrogen and oxygen atoms in total. The van der Waals surface area contributed by atoms with Gasteiger partial charge in [-0.25, -0.2) is 0 Å². The van der Waals surface area contributed by atoms with Gasteiger partial charge >= 0.3 is 0 Å². The Balaban J connectivity index is 2.40. The molecule has 1 rings (SSSR count). The summed E-state index contributed by atoms with van der Waals surface area (Å²) < 4.78 is 11.1. The van der Waals surface area contributed by atoms with Crippen molar-refractivity contribution < 1.29 is 9.47 Å². The summed E-state index contributed by atoms with van der Waals surface area (Å²) in [6, 6.07) is 8.09. The Morgan fingerprint density at radius 1 is 1.12 bits per heavy atom. The first kappa shape index (κ1) is 21.1. The van der Waals surface area contributed by atoms with E-state index in [2.05, 4.69) is 41.3 Å². The van der Waals surface area contributed by atoms with Crippen molar-refractivity contribution in [1.82, 2.24) is 15.5 Å². The molecule has 0 aliphatic rings. The van der Waals surface area contributed by atoms with Crippen molar-refractivity contribution in [3.05, 3.63) is 24.3 Å². The molecule has 0 radical (unpaired) electrons. The molecule has 0 bridgehead atoms. The van der Waals surface area contributed by atoms with Gasteiger partial charge in [0.1, 0.15) is 17.6 Å². The van der Waals surface area contributed by atoms with Crippen LogP contribution in [0.1, 0.15) is 27.7 Å². The Hall–Kier alpha value is -1.95. The molecule has 0 saturated carbocycles. The van der Waals surface area contributed by atoms with Crippen LogP contribution in [-0.4, -0.2) is 63.3 Å². The van der Waals surface area contributed by atoms with E-state index < -0.39 is 0 Å². The smallest absolute Gasteiger partial charge is 0.191 e. The summed E-state index contributed by atoms with van der Waals surface area (Å²) in [5.74, 6) is 2.38. The lowest BCUT2D eigenvalue weighted by Crippen LogP contribution is -2.47. The Labute approximate surface area is 152 Å². The number of aliphatic imine (C=N–C) groups is 1. The monoisotopic (exact) mass is 350 g/mol. The second kappa shape index (κ2) is 11.6. The second-order valence-electron chi connectivity index (χ2n) is 6.01. The lowest BCUT2D eigenvalue weighted by Gasteiger charge is -2.27. The average molecular weight is 351 g/mol. The van der Waals surface area contributed by atoms with Crippen LogP contribution in [0.4, 0.5) is 0 Å². The zero-order chi connectivity index (χ0) is 18.7. The van der Waals surface area contributed by atoms with E-state index >= 15 is 0 Å². The van der Waals surface area contributed by atoms with Crippen molar-refractivity contribution in [2.45, 2.75) is 39.8 Å². The molecular formula is C19H34N4O2. The maximum Gasteiger partial charge on any atom is 0.191 e. The van der Waals surface area contributed by atoms with E-state index in [-0.39, 0.29) is 6.10 Å². The number of nitrogens with one attached hydrogen (secondary N) is 2. The minimum absolute atomic E-state index is 0.00543. The molecule has 0 fully saturated rings. The molecule has 0 aliphatic heterocycles. The molecule has 1 aromatic rings. The molecule has 0 aliphatic carbocycles. The van der Waals surface area contributed by atoms with Gasteiger partial charge in [-0.15, -0.1) is 0 Å². The van der Waals surface area contributed by atoms with Gasteiger partial charge < -0.3 is 20.1 Å². The molecule has 0 heterocycles. The number of likely N-dealkylation sites (N-methyl/N-ethyl adjacent to an activating group) is 1. The number of hydrogen-bond donors (Lipinski definition) is 2. The van der Waals surface area contributed by atoms with E-state index in [9.17, 15) is 0 Å². The van der Waals surface area contributed by atoms with E-state index in [1.165, 1.54) is 0 Å². The zero-order valence-electron chi connectivity index (χ0n) is 16.5. The molecule has 142 valence electrons. The van der Waals surface area contributed by atoms with Crippen LogP contribution in [0.3, 0.4) is 0 Å². The molecule has 0 amide bonds. The van der Waals surface area contributed by atoms with Crippen LogP contribution in [-0.2, 0) is 0 Å². The number of rotatable bonds is 10. The number of methoxy groups -OCH3 is 1. The largest absolute Gasteiger partial charge is 0.497 e. The van der Waals surface area contributed by atoms with E-state index in [0.29, 0.717) is 12.6 Å². The Bertz CT molecular complexity index is 518. The fourth-order valence-corrected chi connectivity index (χ4v) is 2.63. The van der Waals surface area contributed by atoms with Crippen molar-refractivity contribution in [2.24, 2.45) is 4.99 Å². The quantitative estimate of drug-likeness (QED) is 0.501. The standard InChI is InChI=1S/C19H34N4O2/c1-7-23(8-2)15(3)13-21-19(20-5)22-14-16(4)25-18-11-9-10-17(12-18)24-6/h9-12,15-16H,7-8,13-14H2,1-6H3,(H2,20,21,22). The third-order valence-electron chi connectivity index (χ3n) is 4.16. The molecule has 2 N–H and O–H groups in total. The summed E-state index contributed by atoms with van der Waals surface area (Å²) in [4.78, 5) is 6.69. The number of guanidine groups is 1. The first-order valence-corrected chi connectivity index (χ1v) is 9.03. The highest BCUT2D eigenvalue weighted by Gasteiger charge is 2.11. The lowest BCUT2D eigenvalue weighted by atomic mass is 10.3. The van der Waals surface area contributed by atoms with Crippen LogP contribution in [0.5, 0.6) is 11.5 Å². The van der Waals surface area contributed by atoms with Gasteiger partial charge in [0.15, 0.2) is 5.96 Å². The van der Waals surface area contributed by atoms with E-state index in [1.54, 1.807) is 14.2 Å². The topological polar surface area (TPSA) is 58.1 Å². The molecule has 2 atom stereocenters. The summed E-state index contributed by atoms with van der Waals surface area (Å²) in [6.07, 6.45) is 0.00543. The van der Waals surface area contributed by atoms with Gasteiger partial charge in [0.05, 0.1) is 13.7 Å². The molecule has 2 unspecified atom stereocenters. The van der Waals surface area contributed by atoms with Gasteiger partial charge in [0, 0.05) is 25.7 Å². The van der Waals surface area contributed by atoms with Gasteiger partial charge in [0.25, 0.3) is 0 Å². The third kappa shape index (κ3) is 7.65. The van der Waals surface area contributed by atoms with Gasteiger partial charge in [-0.2, -0.15) is 0 Å².